The predicted molar refractivity (Wildman–Crippen MR) is 171 cm³/mol. The summed E-state index contributed by atoms with van der Waals surface area (Å²) in [5, 5.41) is 18.9. The molecule has 0 aliphatic heterocycles. The predicted octanol–water partition coefficient (Wildman–Crippen LogP) is 9.02. The number of carbonyl (C=O) groups is 3. The van der Waals surface area contributed by atoms with Gasteiger partial charge in [-0.1, -0.05) is 117 Å². The van der Waals surface area contributed by atoms with Crippen molar-refractivity contribution in [1.29, 1.82) is 0 Å². The van der Waals surface area contributed by atoms with E-state index in [-0.39, 0.29) is 17.7 Å². The minimum Gasteiger partial charge on any atom is -0.478 e. The molecule has 0 atom stereocenters. The van der Waals surface area contributed by atoms with E-state index >= 15 is 0 Å². The van der Waals surface area contributed by atoms with Gasteiger partial charge in [-0.05, 0) is 37.5 Å². The standard InChI is InChI=1S/C35H58O9/c1-4-7-10-13-16-19-24-42-35(43-25-20-17-14-11-8-5-2,44-26-21-18-15-12-9-6-3)28-41-34(40)30-23-22-29(32(36)37)27-31(30)33(38)39/h22-23,27H,4-21,24-26,28H2,1-3H3,(H,36,37)(H,38,39). The van der Waals surface area contributed by atoms with Gasteiger partial charge in [-0.25, -0.2) is 14.4 Å². The Balaban J connectivity index is 3.03. The Bertz CT molecular complexity index is 885. The van der Waals surface area contributed by atoms with Gasteiger partial charge in [0.1, 0.15) is 0 Å². The van der Waals surface area contributed by atoms with Gasteiger partial charge in [0.05, 0.1) is 36.5 Å². The molecule has 2 N–H and O–H groups in total. The summed E-state index contributed by atoms with van der Waals surface area (Å²) in [4.78, 5) is 36.3. The van der Waals surface area contributed by atoms with Crippen LogP contribution in [0.25, 0.3) is 0 Å². The fourth-order valence-corrected chi connectivity index (χ4v) is 4.84. The number of aromatic carboxylic acids is 2. The third kappa shape index (κ3) is 17.1. The van der Waals surface area contributed by atoms with E-state index in [0.717, 1.165) is 69.9 Å². The first-order chi connectivity index (χ1) is 21.3. The highest BCUT2D eigenvalue weighted by atomic mass is 16.9. The highest BCUT2D eigenvalue weighted by molar-refractivity contribution is 6.04. The minimum atomic E-state index is -1.61. The second-order valence-corrected chi connectivity index (χ2v) is 11.5. The van der Waals surface area contributed by atoms with E-state index in [0.29, 0.717) is 19.8 Å². The van der Waals surface area contributed by atoms with Gasteiger partial charge in [-0.2, -0.15) is 0 Å². The molecule has 9 heteroatoms. The average molecular weight is 623 g/mol. The number of ether oxygens (including phenoxy) is 4. The minimum absolute atomic E-state index is 0.236. The van der Waals surface area contributed by atoms with Gasteiger partial charge in [-0.15, -0.1) is 0 Å². The summed E-state index contributed by atoms with van der Waals surface area (Å²) in [7, 11) is 0. The SMILES string of the molecule is CCCCCCCCOC(COC(=O)c1ccc(C(=O)O)cc1C(=O)O)(OCCCCCCCC)OCCCCCCCC. The van der Waals surface area contributed by atoms with Crippen LogP contribution < -0.4 is 0 Å². The van der Waals surface area contributed by atoms with Crippen LogP contribution in [0.1, 0.15) is 167 Å². The molecule has 0 amide bonds. The monoisotopic (exact) mass is 622 g/mol. The van der Waals surface area contributed by atoms with E-state index in [1.54, 1.807) is 0 Å². The molecule has 0 saturated carbocycles. The van der Waals surface area contributed by atoms with E-state index in [1.165, 1.54) is 63.9 Å². The lowest BCUT2D eigenvalue weighted by molar-refractivity contribution is -0.391. The topological polar surface area (TPSA) is 129 Å². The van der Waals surface area contributed by atoms with Crippen molar-refractivity contribution in [2.24, 2.45) is 0 Å². The van der Waals surface area contributed by atoms with E-state index in [9.17, 15) is 24.6 Å². The zero-order valence-corrected chi connectivity index (χ0v) is 27.5. The lowest BCUT2D eigenvalue weighted by Gasteiger charge is -2.33. The summed E-state index contributed by atoms with van der Waals surface area (Å²) >= 11 is 0. The quantitative estimate of drug-likeness (QED) is 0.0511. The summed E-state index contributed by atoms with van der Waals surface area (Å²) in [6, 6.07) is 3.29. The zero-order chi connectivity index (χ0) is 32.5. The Morgan fingerprint density at radius 1 is 0.568 bits per heavy atom. The molecule has 0 aliphatic rings. The van der Waals surface area contributed by atoms with Crippen LogP contribution in [0, 0.1) is 0 Å². The lowest BCUT2D eigenvalue weighted by atomic mass is 10.0. The van der Waals surface area contributed by atoms with Crippen molar-refractivity contribution in [1.82, 2.24) is 0 Å². The van der Waals surface area contributed by atoms with E-state index < -0.39 is 29.4 Å². The smallest absolute Gasteiger partial charge is 0.339 e. The molecule has 0 bridgehead atoms. The summed E-state index contributed by atoms with van der Waals surface area (Å²) in [5.41, 5.74) is -0.936. The van der Waals surface area contributed by atoms with Gasteiger partial charge in [0, 0.05) is 0 Å². The van der Waals surface area contributed by atoms with Crippen molar-refractivity contribution in [3.8, 4) is 0 Å². The molecular weight excluding hydrogens is 564 g/mol. The Labute approximate surface area is 265 Å². The average Bonchev–Trinajstić information content (AvgIpc) is 3.01. The van der Waals surface area contributed by atoms with Crippen LogP contribution in [0.4, 0.5) is 0 Å². The Morgan fingerprint density at radius 3 is 1.36 bits per heavy atom. The van der Waals surface area contributed by atoms with Gasteiger partial charge in [0.15, 0.2) is 6.61 Å². The summed E-state index contributed by atoms with van der Waals surface area (Å²) in [5.74, 6) is -5.25. The van der Waals surface area contributed by atoms with Crippen molar-refractivity contribution in [3.05, 3.63) is 34.9 Å². The second kappa shape index (κ2) is 24.8. The number of carbonyl (C=O) groups excluding carboxylic acids is 1. The molecule has 44 heavy (non-hydrogen) atoms. The summed E-state index contributed by atoms with van der Waals surface area (Å²) < 4.78 is 24.3. The molecule has 0 aliphatic carbocycles. The largest absolute Gasteiger partial charge is 0.478 e. The highest BCUT2D eigenvalue weighted by Gasteiger charge is 2.36. The number of benzene rings is 1. The van der Waals surface area contributed by atoms with Gasteiger partial charge in [0.25, 0.3) is 0 Å². The number of esters is 1. The Kier molecular flexibility index (Phi) is 22.3. The summed E-state index contributed by atoms with van der Waals surface area (Å²) in [6.45, 7) is 7.26. The first-order valence-corrected chi connectivity index (χ1v) is 17.0. The van der Waals surface area contributed by atoms with Crippen molar-refractivity contribution in [2.45, 2.75) is 142 Å². The van der Waals surface area contributed by atoms with Gasteiger partial charge in [-0.3, -0.25) is 0 Å². The summed E-state index contributed by atoms with van der Waals surface area (Å²) in [6.07, 6.45) is 19.4. The lowest BCUT2D eigenvalue weighted by Crippen LogP contribution is -2.45. The number of hydrogen-bond donors (Lipinski definition) is 2. The van der Waals surface area contributed by atoms with E-state index in [1.807, 2.05) is 0 Å². The Morgan fingerprint density at radius 2 is 0.977 bits per heavy atom. The maximum absolute atomic E-state index is 13.1. The first-order valence-electron chi connectivity index (χ1n) is 17.0. The van der Waals surface area contributed by atoms with Gasteiger partial charge < -0.3 is 29.2 Å². The molecule has 0 fully saturated rings. The first kappa shape index (κ1) is 39.5. The molecule has 0 saturated heterocycles. The van der Waals surface area contributed by atoms with Gasteiger partial charge in [0.2, 0.25) is 0 Å². The number of carboxylic acids is 2. The highest BCUT2D eigenvalue weighted by Crippen LogP contribution is 2.22. The number of unbranched alkanes of at least 4 members (excludes halogenated alkanes) is 15. The van der Waals surface area contributed by atoms with Crippen molar-refractivity contribution in [2.75, 3.05) is 26.4 Å². The maximum atomic E-state index is 13.1. The number of rotatable bonds is 29. The van der Waals surface area contributed by atoms with Crippen LogP contribution in [0.3, 0.4) is 0 Å². The van der Waals surface area contributed by atoms with Crippen LogP contribution >= 0.6 is 0 Å². The van der Waals surface area contributed by atoms with E-state index in [2.05, 4.69) is 20.8 Å². The van der Waals surface area contributed by atoms with Crippen LogP contribution in [-0.2, 0) is 18.9 Å². The van der Waals surface area contributed by atoms with Gasteiger partial charge >= 0.3 is 23.9 Å². The molecule has 1 rings (SSSR count). The molecule has 1 aromatic carbocycles. The molecule has 0 unspecified atom stereocenters. The van der Waals surface area contributed by atoms with E-state index in [4.69, 9.17) is 18.9 Å². The molecule has 1 aromatic rings. The van der Waals surface area contributed by atoms with Crippen molar-refractivity contribution >= 4 is 17.9 Å². The molecular formula is C35H58O9. The van der Waals surface area contributed by atoms with Crippen LogP contribution in [0.2, 0.25) is 0 Å². The second-order valence-electron chi connectivity index (χ2n) is 11.5. The molecule has 0 heterocycles. The van der Waals surface area contributed by atoms with Crippen LogP contribution in [0.15, 0.2) is 18.2 Å². The fourth-order valence-electron chi connectivity index (χ4n) is 4.84. The fraction of sp³-hybridized carbons (Fsp3) is 0.743. The zero-order valence-electron chi connectivity index (χ0n) is 27.5. The molecule has 252 valence electrons. The maximum Gasteiger partial charge on any atom is 0.339 e. The molecule has 0 radical (unpaired) electrons. The number of hydrogen-bond acceptors (Lipinski definition) is 7. The van der Waals surface area contributed by atoms with Crippen molar-refractivity contribution < 1.29 is 43.5 Å². The third-order valence-electron chi connectivity index (χ3n) is 7.56. The Hall–Kier alpha value is -2.49. The van der Waals surface area contributed by atoms with Crippen LogP contribution in [0.5, 0.6) is 0 Å². The molecule has 0 aromatic heterocycles. The normalized spacial score (nSPS) is 11.5. The third-order valence-corrected chi connectivity index (χ3v) is 7.56. The number of carboxylic acid groups (broad SMARTS) is 2. The molecule has 0 spiro atoms. The molecule has 9 nitrogen and oxygen atoms in total. The van der Waals surface area contributed by atoms with Crippen molar-refractivity contribution in [3.63, 3.8) is 0 Å². The van der Waals surface area contributed by atoms with Crippen LogP contribution in [-0.4, -0.2) is 60.5 Å².